The zero-order valence-electron chi connectivity index (χ0n) is 17.4. The van der Waals surface area contributed by atoms with E-state index in [4.69, 9.17) is 9.47 Å². The third-order valence-corrected chi connectivity index (χ3v) is 9.66. The molecular formula is C24H36O3. The van der Waals surface area contributed by atoms with Crippen molar-refractivity contribution < 1.29 is 14.3 Å². The molecule has 0 aromatic carbocycles. The highest BCUT2D eigenvalue weighted by Gasteiger charge is 2.62. The number of allylic oxidation sites excluding steroid dienone is 2. The Labute approximate surface area is 164 Å². The van der Waals surface area contributed by atoms with Crippen molar-refractivity contribution in [2.75, 3.05) is 13.2 Å². The Morgan fingerprint density at radius 2 is 1.78 bits per heavy atom. The van der Waals surface area contributed by atoms with Gasteiger partial charge in [-0.2, -0.15) is 0 Å². The van der Waals surface area contributed by atoms with E-state index in [2.05, 4.69) is 26.8 Å². The number of hydrogen-bond donors (Lipinski definition) is 0. The van der Waals surface area contributed by atoms with E-state index in [0.717, 1.165) is 50.2 Å². The molecule has 0 unspecified atom stereocenters. The predicted octanol–water partition coefficient (Wildman–Crippen LogP) is 5.29. The summed E-state index contributed by atoms with van der Waals surface area (Å²) >= 11 is 0. The first-order chi connectivity index (χ1) is 12.9. The van der Waals surface area contributed by atoms with Gasteiger partial charge in [-0.25, -0.2) is 0 Å². The van der Waals surface area contributed by atoms with Crippen molar-refractivity contribution in [3.8, 4) is 0 Å². The molecule has 150 valence electrons. The smallest absolute Gasteiger partial charge is 0.169 e. The van der Waals surface area contributed by atoms with Crippen LogP contribution in [-0.2, 0) is 14.3 Å². The van der Waals surface area contributed by atoms with Gasteiger partial charge in [-0.3, -0.25) is 4.79 Å². The Kier molecular flexibility index (Phi) is 4.19. The largest absolute Gasteiger partial charge is 0.348 e. The van der Waals surface area contributed by atoms with E-state index < -0.39 is 0 Å². The first kappa shape index (κ1) is 18.4. The van der Waals surface area contributed by atoms with Gasteiger partial charge in [0.2, 0.25) is 0 Å². The van der Waals surface area contributed by atoms with Gasteiger partial charge in [0.15, 0.2) is 5.79 Å². The molecule has 27 heavy (non-hydrogen) atoms. The fraction of sp³-hybridized carbons (Fsp3) is 0.875. The van der Waals surface area contributed by atoms with Crippen molar-refractivity contribution in [1.29, 1.82) is 0 Å². The molecule has 0 spiro atoms. The highest BCUT2D eigenvalue weighted by Crippen LogP contribution is 2.67. The predicted molar refractivity (Wildman–Crippen MR) is 105 cm³/mol. The second-order valence-electron chi connectivity index (χ2n) is 10.7. The van der Waals surface area contributed by atoms with Crippen LogP contribution in [0.3, 0.4) is 0 Å². The van der Waals surface area contributed by atoms with Gasteiger partial charge in [-0.05, 0) is 80.5 Å². The highest BCUT2D eigenvalue weighted by atomic mass is 16.7. The lowest BCUT2D eigenvalue weighted by Gasteiger charge is -2.57. The van der Waals surface area contributed by atoms with Gasteiger partial charge in [-0.1, -0.05) is 25.5 Å². The van der Waals surface area contributed by atoms with Gasteiger partial charge >= 0.3 is 0 Å². The molecule has 1 heterocycles. The highest BCUT2D eigenvalue weighted by molar-refractivity contribution is 5.81. The number of fused-ring (bicyclic) bond motifs is 5. The molecular weight excluding hydrogens is 336 g/mol. The van der Waals surface area contributed by atoms with Crippen molar-refractivity contribution in [2.24, 2.45) is 34.5 Å². The van der Waals surface area contributed by atoms with Crippen LogP contribution in [0.1, 0.15) is 78.6 Å². The van der Waals surface area contributed by atoms with Crippen LogP contribution >= 0.6 is 0 Å². The van der Waals surface area contributed by atoms with E-state index in [1.165, 1.54) is 44.1 Å². The van der Waals surface area contributed by atoms with E-state index in [-0.39, 0.29) is 11.2 Å². The van der Waals surface area contributed by atoms with Crippen LogP contribution in [0.4, 0.5) is 0 Å². The quantitative estimate of drug-likeness (QED) is 0.587. The van der Waals surface area contributed by atoms with Crippen LogP contribution in [0.15, 0.2) is 11.6 Å². The molecule has 0 aromatic rings. The van der Waals surface area contributed by atoms with Gasteiger partial charge in [0.05, 0.1) is 13.2 Å². The zero-order valence-corrected chi connectivity index (χ0v) is 17.4. The number of Topliss-reactive ketones (excluding diaryl/α,β-unsaturated/α-hetero) is 1. The number of hydrogen-bond acceptors (Lipinski definition) is 3. The van der Waals surface area contributed by atoms with Crippen LogP contribution in [0.25, 0.3) is 0 Å². The normalized spacial score (nSPS) is 49.0. The summed E-state index contributed by atoms with van der Waals surface area (Å²) in [5, 5.41) is 0. The average molecular weight is 373 g/mol. The molecule has 0 bridgehead atoms. The topological polar surface area (TPSA) is 35.5 Å². The van der Waals surface area contributed by atoms with Crippen molar-refractivity contribution in [3.63, 3.8) is 0 Å². The third-order valence-electron chi connectivity index (χ3n) is 9.66. The molecule has 4 fully saturated rings. The van der Waals surface area contributed by atoms with Crippen LogP contribution < -0.4 is 0 Å². The third kappa shape index (κ3) is 2.56. The van der Waals surface area contributed by atoms with Gasteiger partial charge in [-0.15, -0.1) is 0 Å². The molecule has 4 aliphatic carbocycles. The molecule has 0 N–H and O–H groups in total. The Morgan fingerprint density at radius 1 is 1.00 bits per heavy atom. The summed E-state index contributed by atoms with van der Waals surface area (Å²) in [5.74, 6) is 2.93. The molecule has 1 aliphatic heterocycles. The molecule has 3 saturated carbocycles. The minimum absolute atomic E-state index is 0.263. The first-order valence-corrected chi connectivity index (χ1v) is 11.4. The van der Waals surface area contributed by atoms with Gasteiger partial charge in [0.1, 0.15) is 5.78 Å². The van der Waals surface area contributed by atoms with Crippen molar-refractivity contribution >= 4 is 5.78 Å². The summed E-state index contributed by atoms with van der Waals surface area (Å²) in [4.78, 5) is 12.2. The van der Waals surface area contributed by atoms with Gasteiger partial charge in [0.25, 0.3) is 0 Å². The van der Waals surface area contributed by atoms with Crippen molar-refractivity contribution in [1.82, 2.24) is 0 Å². The number of carbonyl (C=O) groups excluding carboxylic acids is 1. The molecule has 3 heteroatoms. The molecule has 6 atom stereocenters. The molecule has 0 amide bonds. The maximum absolute atomic E-state index is 12.2. The van der Waals surface area contributed by atoms with Crippen LogP contribution in [-0.4, -0.2) is 24.8 Å². The monoisotopic (exact) mass is 372 g/mol. The zero-order chi connectivity index (χ0) is 18.9. The molecule has 5 aliphatic rings. The van der Waals surface area contributed by atoms with E-state index in [9.17, 15) is 4.79 Å². The lowest BCUT2D eigenvalue weighted by Crippen LogP contribution is -2.52. The number of ether oxygens (including phenoxy) is 2. The second kappa shape index (κ2) is 6.16. The SMILES string of the molecule is CC1([C@H]2CC[C@H]3[C@@H]4CC=C5CC(=O)CCC[C@]5(C)[C@H]4CC[C@]23C)OCCO1. The van der Waals surface area contributed by atoms with Crippen LogP contribution in [0.5, 0.6) is 0 Å². The van der Waals surface area contributed by atoms with Crippen molar-refractivity contribution in [3.05, 3.63) is 11.6 Å². The summed E-state index contributed by atoms with van der Waals surface area (Å²) in [6, 6.07) is 0. The summed E-state index contributed by atoms with van der Waals surface area (Å²) in [6.07, 6.45) is 12.7. The summed E-state index contributed by atoms with van der Waals surface area (Å²) in [5.41, 5.74) is 2.08. The summed E-state index contributed by atoms with van der Waals surface area (Å²) in [7, 11) is 0. The van der Waals surface area contributed by atoms with Gasteiger partial charge < -0.3 is 9.47 Å². The standard InChI is InChI=1S/C24H36O3/c1-22-11-4-5-17(25)15-16(22)6-7-18-19-8-9-21(24(3)26-13-14-27-24)23(19,2)12-10-20(18)22/h6,18-21H,4-5,7-15H2,1-3H3/t18-,19-,20-,21-,22-,23-/m0/s1. The minimum Gasteiger partial charge on any atom is -0.348 e. The number of carbonyl (C=O) groups is 1. The summed E-state index contributed by atoms with van der Waals surface area (Å²) < 4.78 is 12.3. The molecule has 1 saturated heterocycles. The maximum Gasteiger partial charge on any atom is 0.169 e. The fourth-order valence-corrected chi connectivity index (χ4v) is 8.32. The second-order valence-corrected chi connectivity index (χ2v) is 10.7. The fourth-order valence-electron chi connectivity index (χ4n) is 8.32. The Morgan fingerprint density at radius 3 is 2.56 bits per heavy atom. The van der Waals surface area contributed by atoms with E-state index in [1.54, 1.807) is 0 Å². The van der Waals surface area contributed by atoms with Crippen LogP contribution in [0, 0.1) is 34.5 Å². The Hall–Kier alpha value is -0.670. The van der Waals surface area contributed by atoms with Crippen LogP contribution in [0.2, 0.25) is 0 Å². The van der Waals surface area contributed by atoms with E-state index in [1.807, 2.05) is 0 Å². The molecule has 3 nitrogen and oxygen atoms in total. The Balaban J connectivity index is 1.46. The minimum atomic E-state index is -0.370. The first-order valence-electron chi connectivity index (χ1n) is 11.4. The van der Waals surface area contributed by atoms with Gasteiger partial charge in [0, 0.05) is 18.8 Å². The molecule has 0 aromatic heterocycles. The maximum atomic E-state index is 12.2. The van der Waals surface area contributed by atoms with Crippen molar-refractivity contribution in [2.45, 2.75) is 84.3 Å². The van der Waals surface area contributed by atoms with E-state index in [0.29, 0.717) is 17.1 Å². The lowest BCUT2D eigenvalue weighted by atomic mass is 9.48. The number of rotatable bonds is 1. The molecule has 5 rings (SSSR count). The Bertz CT molecular complexity index is 661. The number of ketones is 1. The summed E-state index contributed by atoms with van der Waals surface area (Å²) in [6.45, 7) is 8.73. The lowest BCUT2D eigenvalue weighted by molar-refractivity contribution is -0.214. The average Bonchev–Trinajstić information content (AvgIpc) is 3.17. The molecule has 0 radical (unpaired) electrons. The van der Waals surface area contributed by atoms with E-state index >= 15 is 0 Å².